The van der Waals surface area contributed by atoms with Crippen molar-refractivity contribution in [3.8, 4) is 0 Å². The van der Waals surface area contributed by atoms with Crippen LogP contribution in [-0.4, -0.2) is 42.8 Å². The Labute approximate surface area is 166 Å². The number of ether oxygens (including phenoxy) is 2. The van der Waals surface area contributed by atoms with E-state index in [0.29, 0.717) is 0 Å². The summed E-state index contributed by atoms with van der Waals surface area (Å²) in [7, 11) is 0. The molecular formula is C20H31N3O5. The number of carbonyl (C=O) groups excluding carboxylic acids is 3. The fraction of sp³-hybridized carbons (Fsp3) is 0.550. The van der Waals surface area contributed by atoms with Gasteiger partial charge in [-0.25, -0.2) is 9.59 Å². The van der Waals surface area contributed by atoms with Crippen molar-refractivity contribution in [1.82, 2.24) is 16.0 Å². The zero-order valence-corrected chi connectivity index (χ0v) is 17.2. The molecule has 8 nitrogen and oxygen atoms in total. The molecule has 0 spiro atoms. The first-order valence-corrected chi connectivity index (χ1v) is 9.30. The van der Waals surface area contributed by atoms with Crippen LogP contribution in [0.4, 0.5) is 9.59 Å². The van der Waals surface area contributed by atoms with Crippen LogP contribution in [0, 0.1) is 5.92 Å². The molecule has 0 saturated carbocycles. The van der Waals surface area contributed by atoms with Crippen molar-refractivity contribution in [2.24, 2.45) is 5.92 Å². The Balaban J connectivity index is 2.32. The van der Waals surface area contributed by atoms with Crippen molar-refractivity contribution in [1.29, 1.82) is 0 Å². The van der Waals surface area contributed by atoms with E-state index >= 15 is 0 Å². The summed E-state index contributed by atoms with van der Waals surface area (Å²) in [5.74, 6) is -0.475. The van der Waals surface area contributed by atoms with Crippen molar-refractivity contribution in [3.05, 3.63) is 35.9 Å². The third kappa shape index (κ3) is 9.80. The molecule has 3 amide bonds. The van der Waals surface area contributed by atoms with Gasteiger partial charge < -0.3 is 25.4 Å². The number of rotatable bonds is 8. The molecule has 1 rings (SSSR count). The van der Waals surface area contributed by atoms with Gasteiger partial charge in [0.15, 0.2) is 0 Å². The molecule has 0 radical (unpaired) electrons. The number of hydrogen-bond donors (Lipinski definition) is 3. The molecule has 1 aromatic carbocycles. The minimum atomic E-state index is -0.736. The predicted molar refractivity (Wildman–Crippen MR) is 106 cm³/mol. The zero-order chi connectivity index (χ0) is 21.2. The molecular weight excluding hydrogens is 362 g/mol. The molecule has 1 unspecified atom stereocenters. The molecule has 0 aliphatic heterocycles. The fourth-order valence-corrected chi connectivity index (χ4v) is 2.20. The monoisotopic (exact) mass is 393 g/mol. The standard InChI is InChI=1S/C20H31N3O5/c1-14(2)16(23-19(26)28-20(3,4)5)17(24)21-11-12-22-18(25)27-13-15-9-7-6-8-10-15/h6-10,14,16H,11-13H2,1-5H3,(H,21,24)(H,22,25)(H,23,26). The van der Waals surface area contributed by atoms with E-state index in [1.807, 2.05) is 44.2 Å². The predicted octanol–water partition coefficient (Wildman–Crippen LogP) is 2.58. The van der Waals surface area contributed by atoms with Gasteiger partial charge in [-0.1, -0.05) is 44.2 Å². The normalized spacial score (nSPS) is 12.1. The Morgan fingerprint density at radius 1 is 0.964 bits per heavy atom. The van der Waals surface area contributed by atoms with E-state index in [9.17, 15) is 14.4 Å². The van der Waals surface area contributed by atoms with Crippen molar-refractivity contribution in [3.63, 3.8) is 0 Å². The van der Waals surface area contributed by atoms with Crippen molar-refractivity contribution >= 4 is 18.1 Å². The van der Waals surface area contributed by atoms with Gasteiger partial charge in [0.2, 0.25) is 5.91 Å². The third-order valence-electron chi connectivity index (χ3n) is 3.53. The van der Waals surface area contributed by atoms with Crippen LogP contribution in [0.25, 0.3) is 0 Å². The fourth-order valence-electron chi connectivity index (χ4n) is 2.20. The molecule has 0 fully saturated rings. The van der Waals surface area contributed by atoms with Gasteiger partial charge in [0.1, 0.15) is 18.2 Å². The lowest BCUT2D eigenvalue weighted by atomic mass is 10.0. The van der Waals surface area contributed by atoms with Gasteiger partial charge in [-0.3, -0.25) is 4.79 Å². The minimum Gasteiger partial charge on any atom is -0.445 e. The van der Waals surface area contributed by atoms with Crippen molar-refractivity contribution in [2.75, 3.05) is 13.1 Å². The number of alkyl carbamates (subject to hydrolysis) is 2. The summed E-state index contributed by atoms with van der Waals surface area (Å²) >= 11 is 0. The minimum absolute atomic E-state index is 0.128. The smallest absolute Gasteiger partial charge is 0.408 e. The molecule has 1 aromatic rings. The van der Waals surface area contributed by atoms with Gasteiger partial charge in [-0.2, -0.15) is 0 Å². The maximum absolute atomic E-state index is 12.3. The number of hydrogen-bond acceptors (Lipinski definition) is 5. The molecule has 0 saturated heterocycles. The Morgan fingerprint density at radius 3 is 2.14 bits per heavy atom. The van der Waals surface area contributed by atoms with E-state index in [-0.39, 0.29) is 31.5 Å². The van der Waals surface area contributed by atoms with Crippen molar-refractivity contribution < 1.29 is 23.9 Å². The molecule has 156 valence electrons. The average molecular weight is 393 g/mol. The van der Waals surface area contributed by atoms with Crippen LogP contribution in [-0.2, 0) is 20.9 Å². The summed E-state index contributed by atoms with van der Waals surface area (Å²) in [6.45, 7) is 9.48. The van der Waals surface area contributed by atoms with E-state index < -0.39 is 23.8 Å². The first kappa shape index (κ1) is 23.3. The van der Waals surface area contributed by atoms with E-state index in [1.165, 1.54) is 0 Å². The summed E-state index contributed by atoms with van der Waals surface area (Å²) in [4.78, 5) is 35.9. The summed E-state index contributed by atoms with van der Waals surface area (Å²) in [5, 5.41) is 7.82. The van der Waals surface area contributed by atoms with Gasteiger partial charge in [0.25, 0.3) is 0 Å². The number of benzene rings is 1. The number of nitrogens with one attached hydrogen (secondary N) is 3. The lowest BCUT2D eigenvalue weighted by Gasteiger charge is -2.25. The topological polar surface area (TPSA) is 106 Å². The van der Waals surface area contributed by atoms with Gasteiger partial charge >= 0.3 is 12.2 Å². The summed E-state index contributed by atoms with van der Waals surface area (Å²) in [5.41, 5.74) is 0.241. The van der Waals surface area contributed by atoms with Gasteiger partial charge in [0, 0.05) is 13.1 Å². The first-order chi connectivity index (χ1) is 13.1. The number of carbonyl (C=O) groups is 3. The highest BCUT2D eigenvalue weighted by molar-refractivity contribution is 5.85. The van der Waals surface area contributed by atoms with Crippen LogP contribution in [0.2, 0.25) is 0 Å². The Morgan fingerprint density at radius 2 is 1.57 bits per heavy atom. The Bertz CT molecular complexity index is 641. The second-order valence-electron chi connectivity index (χ2n) is 7.65. The molecule has 0 aliphatic carbocycles. The van der Waals surface area contributed by atoms with E-state index in [4.69, 9.17) is 9.47 Å². The quantitative estimate of drug-likeness (QED) is 0.589. The van der Waals surface area contributed by atoms with Crippen LogP contribution in [0.1, 0.15) is 40.2 Å². The second kappa shape index (κ2) is 11.2. The van der Waals surface area contributed by atoms with Crippen LogP contribution in [0.3, 0.4) is 0 Å². The molecule has 1 atom stereocenters. The van der Waals surface area contributed by atoms with Crippen LogP contribution >= 0.6 is 0 Å². The molecule has 8 heteroatoms. The van der Waals surface area contributed by atoms with E-state index in [2.05, 4.69) is 16.0 Å². The first-order valence-electron chi connectivity index (χ1n) is 9.30. The largest absolute Gasteiger partial charge is 0.445 e. The molecule has 0 heterocycles. The van der Waals surface area contributed by atoms with Crippen LogP contribution in [0.15, 0.2) is 30.3 Å². The summed E-state index contributed by atoms with van der Waals surface area (Å²) in [6.07, 6.45) is -1.21. The van der Waals surface area contributed by atoms with Crippen molar-refractivity contribution in [2.45, 2.75) is 52.9 Å². The highest BCUT2D eigenvalue weighted by Crippen LogP contribution is 2.08. The number of amides is 3. The second-order valence-corrected chi connectivity index (χ2v) is 7.65. The van der Waals surface area contributed by atoms with Gasteiger partial charge in [-0.05, 0) is 32.3 Å². The zero-order valence-electron chi connectivity index (χ0n) is 17.2. The SMILES string of the molecule is CC(C)C(NC(=O)OC(C)(C)C)C(=O)NCCNC(=O)OCc1ccccc1. The maximum Gasteiger partial charge on any atom is 0.408 e. The lowest BCUT2D eigenvalue weighted by molar-refractivity contribution is -0.124. The molecule has 28 heavy (non-hydrogen) atoms. The molecule has 0 aliphatic rings. The summed E-state index contributed by atoms with van der Waals surface area (Å²) in [6, 6.07) is 8.59. The highest BCUT2D eigenvalue weighted by atomic mass is 16.6. The van der Waals surface area contributed by atoms with E-state index in [0.717, 1.165) is 5.56 Å². The third-order valence-corrected chi connectivity index (χ3v) is 3.53. The van der Waals surface area contributed by atoms with Gasteiger partial charge in [-0.15, -0.1) is 0 Å². The maximum atomic E-state index is 12.3. The average Bonchev–Trinajstić information content (AvgIpc) is 2.60. The Kier molecular flexibility index (Phi) is 9.27. The highest BCUT2D eigenvalue weighted by Gasteiger charge is 2.26. The lowest BCUT2D eigenvalue weighted by Crippen LogP contribution is -2.51. The van der Waals surface area contributed by atoms with E-state index in [1.54, 1.807) is 20.8 Å². The molecule has 0 bridgehead atoms. The van der Waals surface area contributed by atoms with Gasteiger partial charge in [0.05, 0.1) is 0 Å². The molecule has 3 N–H and O–H groups in total. The van der Waals surface area contributed by atoms with Crippen LogP contribution in [0.5, 0.6) is 0 Å². The van der Waals surface area contributed by atoms with Crippen LogP contribution < -0.4 is 16.0 Å². The summed E-state index contributed by atoms with van der Waals surface area (Å²) < 4.78 is 10.3. The Hall–Kier alpha value is -2.77. The molecule has 0 aromatic heterocycles.